The van der Waals surface area contributed by atoms with Crippen molar-refractivity contribution in [2.45, 2.75) is 31.8 Å². The number of piperidine rings is 1. The van der Waals surface area contributed by atoms with Gasteiger partial charge in [-0.25, -0.2) is 9.67 Å². The molecular formula is C25H24N4O2S. The molecule has 4 aromatic rings. The van der Waals surface area contributed by atoms with E-state index in [9.17, 15) is 0 Å². The molecule has 2 aliphatic heterocycles. The Balaban J connectivity index is 1.39. The molecule has 4 heterocycles. The van der Waals surface area contributed by atoms with Gasteiger partial charge in [-0.3, -0.25) is 4.90 Å². The maximum atomic E-state index is 5.63. The van der Waals surface area contributed by atoms with E-state index in [-0.39, 0.29) is 6.79 Å². The molecule has 0 amide bonds. The molecule has 0 bridgehead atoms. The van der Waals surface area contributed by atoms with Crippen LogP contribution in [0, 0.1) is 0 Å². The first-order valence-corrected chi connectivity index (χ1v) is 11.9. The molecule has 6 nitrogen and oxygen atoms in total. The number of thiazole rings is 1. The number of para-hydroxylation sites is 1. The van der Waals surface area contributed by atoms with Gasteiger partial charge in [0, 0.05) is 35.4 Å². The SMILES string of the molecule is c1ccc(-n2cc(CN3CCCC[C@H]3c3nccs3)c(-c3ccc4c(c3)OCO4)n2)cc1. The fourth-order valence-electron chi connectivity index (χ4n) is 4.60. The zero-order valence-corrected chi connectivity index (χ0v) is 18.5. The number of nitrogens with zero attached hydrogens (tertiary/aromatic N) is 4. The summed E-state index contributed by atoms with van der Waals surface area (Å²) in [6.45, 7) is 2.18. The van der Waals surface area contributed by atoms with E-state index in [2.05, 4.69) is 39.7 Å². The third-order valence-corrected chi connectivity index (χ3v) is 7.06. The summed E-state index contributed by atoms with van der Waals surface area (Å²) in [5.41, 5.74) is 4.28. The molecule has 0 unspecified atom stereocenters. The highest BCUT2D eigenvalue weighted by Crippen LogP contribution is 2.38. The number of hydrogen-bond donors (Lipinski definition) is 0. The molecule has 1 fully saturated rings. The second-order valence-corrected chi connectivity index (χ2v) is 9.13. The maximum absolute atomic E-state index is 5.63. The Bertz CT molecular complexity index is 1210. The number of fused-ring (bicyclic) bond motifs is 1. The second-order valence-electron chi connectivity index (χ2n) is 8.20. The van der Waals surface area contributed by atoms with E-state index >= 15 is 0 Å². The van der Waals surface area contributed by atoms with Crippen LogP contribution in [0.5, 0.6) is 11.5 Å². The lowest BCUT2D eigenvalue weighted by molar-refractivity contribution is 0.140. The summed E-state index contributed by atoms with van der Waals surface area (Å²) >= 11 is 1.76. The third kappa shape index (κ3) is 3.67. The largest absolute Gasteiger partial charge is 0.454 e. The zero-order valence-electron chi connectivity index (χ0n) is 17.7. The third-order valence-electron chi connectivity index (χ3n) is 6.18. The van der Waals surface area contributed by atoms with E-state index in [0.29, 0.717) is 6.04 Å². The fraction of sp³-hybridized carbons (Fsp3) is 0.280. The van der Waals surface area contributed by atoms with Gasteiger partial charge in [0.1, 0.15) is 5.01 Å². The Kier molecular flexibility index (Phi) is 5.13. The molecule has 32 heavy (non-hydrogen) atoms. The van der Waals surface area contributed by atoms with Crippen LogP contribution in [-0.4, -0.2) is 33.0 Å². The maximum Gasteiger partial charge on any atom is 0.231 e. The highest BCUT2D eigenvalue weighted by Gasteiger charge is 2.28. The lowest BCUT2D eigenvalue weighted by Crippen LogP contribution is -2.32. The Morgan fingerprint density at radius 1 is 1.03 bits per heavy atom. The molecule has 7 heteroatoms. The van der Waals surface area contributed by atoms with Crippen LogP contribution in [-0.2, 0) is 6.54 Å². The highest BCUT2D eigenvalue weighted by molar-refractivity contribution is 7.09. The van der Waals surface area contributed by atoms with E-state index in [4.69, 9.17) is 14.6 Å². The first-order valence-electron chi connectivity index (χ1n) is 11.0. The van der Waals surface area contributed by atoms with E-state index in [1.165, 1.54) is 23.4 Å². The van der Waals surface area contributed by atoms with Gasteiger partial charge < -0.3 is 9.47 Å². The molecule has 0 saturated carbocycles. The molecule has 6 rings (SSSR count). The lowest BCUT2D eigenvalue weighted by Gasteiger charge is -2.34. The minimum absolute atomic E-state index is 0.271. The normalized spacial score (nSPS) is 18.2. The number of aromatic nitrogens is 3. The Hall–Kier alpha value is -3.16. The van der Waals surface area contributed by atoms with Crippen molar-refractivity contribution in [1.82, 2.24) is 19.7 Å². The van der Waals surface area contributed by atoms with Crippen molar-refractivity contribution in [3.63, 3.8) is 0 Å². The van der Waals surface area contributed by atoms with Crippen molar-refractivity contribution in [2.75, 3.05) is 13.3 Å². The summed E-state index contributed by atoms with van der Waals surface area (Å²) in [4.78, 5) is 7.19. The Morgan fingerprint density at radius 3 is 2.81 bits per heavy atom. The molecule has 2 aromatic heterocycles. The molecule has 2 aliphatic rings. The zero-order chi connectivity index (χ0) is 21.3. The topological polar surface area (TPSA) is 52.4 Å². The molecular weight excluding hydrogens is 420 g/mol. The van der Waals surface area contributed by atoms with Gasteiger partial charge in [-0.1, -0.05) is 24.6 Å². The van der Waals surface area contributed by atoms with Crippen LogP contribution >= 0.6 is 11.3 Å². The van der Waals surface area contributed by atoms with E-state index in [0.717, 1.165) is 48.0 Å². The van der Waals surface area contributed by atoms with Crippen LogP contribution in [0.25, 0.3) is 16.9 Å². The number of ether oxygens (including phenoxy) is 2. The predicted octanol–water partition coefficient (Wildman–Crippen LogP) is 5.45. The number of likely N-dealkylation sites (tertiary alicyclic amines) is 1. The number of rotatable bonds is 5. The van der Waals surface area contributed by atoms with Crippen molar-refractivity contribution < 1.29 is 9.47 Å². The summed E-state index contributed by atoms with van der Waals surface area (Å²) in [6, 6.07) is 16.7. The van der Waals surface area contributed by atoms with Gasteiger partial charge in [0.15, 0.2) is 11.5 Å². The summed E-state index contributed by atoms with van der Waals surface area (Å²) in [6.07, 6.45) is 7.70. The molecule has 0 aliphatic carbocycles. The van der Waals surface area contributed by atoms with Crippen molar-refractivity contribution in [3.05, 3.63) is 76.9 Å². The fourth-order valence-corrected chi connectivity index (χ4v) is 5.41. The van der Waals surface area contributed by atoms with Crippen LogP contribution in [0.2, 0.25) is 0 Å². The molecule has 0 spiro atoms. The quantitative estimate of drug-likeness (QED) is 0.410. The van der Waals surface area contributed by atoms with Gasteiger partial charge in [-0.05, 0) is 49.7 Å². The monoisotopic (exact) mass is 444 g/mol. The van der Waals surface area contributed by atoms with Crippen LogP contribution < -0.4 is 9.47 Å². The van der Waals surface area contributed by atoms with Crippen LogP contribution in [0.1, 0.15) is 35.9 Å². The smallest absolute Gasteiger partial charge is 0.231 e. The Morgan fingerprint density at radius 2 is 1.94 bits per heavy atom. The molecule has 1 atom stereocenters. The van der Waals surface area contributed by atoms with Gasteiger partial charge in [0.2, 0.25) is 6.79 Å². The van der Waals surface area contributed by atoms with Gasteiger partial charge in [0.25, 0.3) is 0 Å². The van der Waals surface area contributed by atoms with Crippen molar-refractivity contribution in [3.8, 4) is 28.4 Å². The first kappa shape index (κ1) is 19.5. The predicted molar refractivity (Wildman–Crippen MR) is 124 cm³/mol. The van der Waals surface area contributed by atoms with Crippen molar-refractivity contribution in [2.24, 2.45) is 0 Å². The van der Waals surface area contributed by atoms with Crippen LogP contribution in [0.3, 0.4) is 0 Å². The minimum atomic E-state index is 0.271. The van der Waals surface area contributed by atoms with Gasteiger partial charge in [-0.15, -0.1) is 11.3 Å². The molecule has 2 aromatic carbocycles. The number of benzene rings is 2. The van der Waals surface area contributed by atoms with Crippen LogP contribution in [0.4, 0.5) is 0 Å². The Labute approximate surface area is 191 Å². The first-order chi connectivity index (χ1) is 15.8. The van der Waals surface area contributed by atoms with Gasteiger partial charge in [0.05, 0.1) is 17.4 Å². The summed E-state index contributed by atoms with van der Waals surface area (Å²) < 4.78 is 13.1. The molecule has 0 radical (unpaired) electrons. The standard InChI is InChI=1S/C25H24N4O2S/c1-2-6-20(7-3-1)29-16-19(15-28-12-5-4-8-21(28)25-26-11-13-32-25)24(27-29)18-9-10-22-23(14-18)31-17-30-22/h1-3,6-7,9-11,13-14,16,21H,4-5,8,12,15,17H2/t21-/m0/s1. The van der Waals surface area contributed by atoms with Crippen molar-refractivity contribution in [1.29, 1.82) is 0 Å². The highest BCUT2D eigenvalue weighted by atomic mass is 32.1. The second kappa shape index (κ2) is 8.41. The minimum Gasteiger partial charge on any atom is -0.454 e. The van der Waals surface area contributed by atoms with Crippen molar-refractivity contribution >= 4 is 11.3 Å². The van der Waals surface area contributed by atoms with Gasteiger partial charge >= 0.3 is 0 Å². The van der Waals surface area contributed by atoms with Crippen LogP contribution in [0.15, 0.2) is 66.3 Å². The van der Waals surface area contributed by atoms with E-state index in [1.807, 2.05) is 41.2 Å². The molecule has 162 valence electrons. The lowest BCUT2D eigenvalue weighted by atomic mass is 10.0. The number of hydrogen-bond acceptors (Lipinski definition) is 6. The average Bonchev–Trinajstić information content (AvgIpc) is 3.60. The molecule has 0 N–H and O–H groups in total. The molecule has 1 saturated heterocycles. The summed E-state index contributed by atoms with van der Waals surface area (Å²) in [7, 11) is 0. The summed E-state index contributed by atoms with van der Waals surface area (Å²) in [5, 5.41) is 8.30. The average molecular weight is 445 g/mol. The van der Waals surface area contributed by atoms with E-state index in [1.54, 1.807) is 11.3 Å². The van der Waals surface area contributed by atoms with E-state index < -0.39 is 0 Å². The summed E-state index contributed by atoms with van der Waals surface area (Å²) in [5.74, 6) is 1.57. The van der Waals surface area contributed by atoms with Gasteiger partial charge in [-0.2, -0.15) is 5.10 Å².